The van der Waals surface area contributed by atoms with Crippen LogP contribution in [0, 0.1) is 12.8 Å². The number of methoxy groups -OCH3 is 1. The average molecular weight is 618 g/mol. The molecule has 2 aromatic heterocycles. The molecule has 1 amide bonds. The molecular formula is C28H35N5O7S2. The number of aryl methyl sites for hydroxylation is 1. The Morgan fingerprint density at radius 2 is 1.86 bits per heavy atom. The van der Waals surface area contributed by atoms with Crippen molar-refractivity contribution in [2.24, 2.45) is 5.92 Å². The number of nitrogens with zero attached hydrogens (tertiary/aromatic N) is 5. The van der Waals surface area contributed by atoms with Crippen LogP contribution in [0.2, 0.25) is 0 Å². The molecule has 0 unspecified atom stereocenters. The van der Waals surface area contributed by atoms with Gasteiger partial charge in [0.15, 0.2) is 0 Å². The fourth-order valence-electron chi connectivity index (χ4n) is 5.63. The monoisotopic (exact) mass is 617 g/mol. The molecule has 4 heterocycles. The van der Waals surface area contributed by atoms with Gasteiger partial charge in [-0.3, -0.25) is 19.0 Å². The molecule has 12 nitrogen and oxygen atoms in total. The number of piperidine rings is 1. The number of hydrogen-bond acceptors (Lipinski definition) is 10. The van der Waals surface area contributed by atoms with Crippen LogP contribution in [0.15, 0.2) is 40.3 Å². The van der Waals surface area contributed by atoms with E-state index < -0.39 is 21.5 Å². The lowest BCUT2D eigenvalue weighted by molar-refractivity contribution is -0.151. The smallest absolute Gasteiger partial charge is 0.310 e. The Kier molecular flexibility index (Phi) is 8.85. The third kappa shape index (κ3) is 5.75. The summed E-state index contributed by atoms with van der Waals surface area (Å²) < 4.78 is 41.0. The van der Waals surface area contributed by atoms with Crippen LogP contribution < -0.4 is 15.2 Å². The van der Waals surface area contributed by atoms with E-state index in [2.05, 4.69) is 9.88 Å². The quantitative estimate of drug-likeness (QED) is 0.349. The molecule has 2 fully saturated rings. The molecule has 5 rings (SSSR count). The number of carbonyl (C=O) groups excluding carboxylic acids is 2. The molecule has 1 aromatic carbocycles. The van der Waals surface area contributed by atoms with Gasteiger partial charge in [-0.1, -0.05) is 12.1 Å². The number of hydrogen-bond donors (Lipinski definition) is 0. The number of aromatic nitrogens is 2. The van der Waals surface area contributed by atoms with E-state index in [1.165, 1.54) is 10.6 Å². The molecule has 3 aromatic rings. The molecule has 2 saturated heterocycles. The van der Waals surface area contributed by atoms with Gasteiger partial charge < -0.3 is 19.3 Å². The summed E-state index contributed by atoms with van der Waals surface area (Å²) in [5.74, 6) is -0.353. The SMILES string of the molecule is CCOC(=O)[C@H]1CCCN(C(=O)Cn2cnc3sc(C)c(S(=O)(=O)N4CCN(c5ccccc5OC)CC4)c3c2=O)C1. The molecule has 0 spiro atoms. The Bertz CT molecular complexity index is 1640. The standard InChI is InChI=1S/C28H35N5O7S2/c1-4-40-28(36)20-8-7-11-31(16-20)23(34)17-32-18-29-26-24(27(32)35)25(19(2)41-26)42(37,38)33-14-12-30(13-15-33)21-9-5-6-10-22(21)39-3/h5-6,9-10,18,20H,4,7-8,11-17H2,1-3H3/t20-/m0/s1. The molecule has 2 aliphatic rings. The first-order chi connectivity index (χ1) is 20.1. The molecular weight excluding hydrogens is 582 g/mol. The van der Waals surface area contributed by atoms with Crippen LogP contribution in [0.4, 0.5) is 5.69 Å². The molecule has 0 saturated carbocycles. The van der Waals surface area contributed by atoms with Crippen LogP contribution >= 0.6 is 11.3 Å². The number of amides is 1. The highest BCUT2D eigenvalue weighted by Crippen LogP contribution is 2.34. The van der Waals surface area contributed by atoms with Gasteiger partial charge in [-0.25, -0.2) is 13.4 Å². The summed E-state index contributed by atoms with van der Waals surface area (Å²) in [5, 5.41) is 0.00278. The zero-order valence-corrected chi connectivity index (χ0v) is 25.6. The maximum Gasteiger partial charge on any atom is 0.310 e. The number of piperazine rings is 1. The largest absolute Gasteiger partial charge is 0.495 e. The van der Waals surface area contributed by atoms with Crippen molar-refractivity contribution in [1.82, 2.24) is 18.8 Å². The number of para-hydroxylation sites is 2. The van der Waals surface area contributed by atoms with Crippen LogP contribution in [0.3, 0.4) is 0 Å². The second-order valence-electron chi connectivity index (χ2n) is 10.3. The Labute approximate surface area is 248 Å². The number of sulfonamides is 1. The van der Waals surface area contributed by atoms with Crippen molar-refractivity contribution in [3.63, 3.8) is 0 Å². The van der Waals surface area contributed by atoms with Crippen LogP contribution in [-0.2, 0) is 30.9 Å². The van der Waals surface area contributed by atoms with Crippen LogP contribution in [0.5, 0.6) is 5.75 Å². The molecule has 0 radical (unpaired) electrons. The minimum atomic E-state index is -4.02. The second kappa shape index (κ2) is 12.4. The maximum absolute atomic E-state index is 13.9. The summed E-state index contributed by atoms with van der Waals surface area (Å²) in [6.45, 7) is 5.46. The predicted molar refractivity (Wildman–Crippen MR) is 159 cm³/mol. The molecule has 0 aliphatic carbocycles. The minimum absolute atomic E-state index is 0.00278. The Morgan fingerprint density at radius 3 is 2.57 bits per heavy atom. The number of benzene rings is 1. The number of ether oxygens (including phenoxy) is 2. The zero-order valence-electron chi connectivity index (χ0n) is 23.9. The number of carbonyl (C=O) groups is 2. The Hall–Kier alpha value is -3.49. The van der Waals surface area contributed by atoms with E-state index in [0.717, 1.165) is 27.3 Å². The van der Waals surface area contributed by atoms with Crippen molar-refractivity contribution < 1.29 is 27.5 Å². The first-order valence-corrected chi connectivity index (χ1v) is 16.2. The third-order valence-electron chi connectivity index (χ3n) is 7.76. The van der Waals surface area contributed by atoms with Gasteiger partial charge in [-0.2, -0.15) is 4.31 Å². The van der Waals surface area contributed by atoms with Crippen molar-refractivity contribution in [3.05, 3.63) is 45.8 Å². The fraction of sp³-hybridized carbons (Fsp3) is 0.500. The van der Waals surface area contributed by atoms with Gasteiger partial charge in [-0.05, 0) is 38.8 Å². The predicted octanol–water partition coefficient (Wildman–Crippen LogP) is 2.09. The van der Waals surface area contributed by atoms with E-state index in [0.29, 0.717) is 42.2 Å². The normalized spacial score (nSPS) is 18.3. The van der Waals surface area contributed by atoms with Crippen molar-refractivity contribution in [2.75, 3.05) is 57.9 Å². The van der Waals surface area contributed by atoms with E-state index in [-0.39, 0.29) is 54.9 Å². The lowest BCUT2D eigenvalue weighted by atomic mass is 9.98. The number of anilines is 1. The van der Waals surface area contributed by atoms with Gasteiger partial charge in [0.2, 0.25) is 15.9 Å². The minimum Gasteiger partial charge on any atom is -0.495 e. The summed E-state index contributed by atoms with van der Waals surface area (Å²) in [5.41, 5.74) is 0.316. The highest BCUT2D eigenvalue weighted by Gasteiger charge is 2.35. The van der Waals surface area contributed by atoms with Crippen molar-refractivity contribution in [2.45, 2.75) is 38.1 Å². The van der Waals surface area contributed by atoms with E-state index >= 15 is 0 Å². The third-order valence-corrected chi connectivity index (χ3v) is 11.0. The van der Waals surface area contributed by atoms with Gasteiger partial charge in [0.1, 0.15) is 22.0 Å². The zero-order chi connectivity index (χ0) is 30.0. The lowest BCUT2D eigenvalue weighted by Crippen LogP contribution is -2.49. The summed E-state index contributed by atoms with van der Waals surface area (Å²) in [6, 6.07) is 7.60. The molecule has 1 atom stereocenters. The molecule has 42 heavy (non-hydrogen) atoms. The number of thiophene rings is 1. The number of likely N-dealkylation sites (tertiary alicyclic amines) is 1. The summed E-state index contributed by atoms with van der Waals surface area (Å²) in [7, 11) is -2.42. The molecule has 0 N–H and O–H groups in total. The molecule has 0 bridgehead atoms. The summed E-state index contributed by atoms with van der Waals surface area (Å²) in [4.78, 5) is 47.8. The molecule has 14 heteroatoms. The first kappa shape index (κ1) is 30.0. The van der Waals surface area contributed by atoms with Crippen LogP contribution in [0.1, 0.15) is 24.6 Å². The van der Waals surface area contributed by atoms with E-state index in [4.69, 9.17) is 9.47 Å². The Balaban J connectivity index is 1.36. The van der Waals surface area contributed by atoms with Gasteiger partial charge >= 0.3 is 5.97 Å². The van der Waals surface area contributed by atoms with Gasteiger partial charge in [0.25, 0.3) is 5.56 Å². The van der Waals surface area contributed by atoms with Gasteiger partial charge in [-0.15, -0.1) is 11.3 Å². The second-order valence-corrected chi connectivity index (χ2v) is 13.4. The van der Waals surface area contributed by atoms with E-state index in [9.17, 15) is 22.8 Å². The number of fused-ring (bicyclic) bond motifs is 1. The maximum atomic E-state index is 13.9. The topological polar surface area (TPSA) is 131 Å². The van der Waals surface area contributed by atoms with Crippen LogP contribution in [-0.4, -0.2) is 92.0 Å². The summed E-state index contributed by atoms with van der Waals surface area (Å²) >= 11 is 1.15. The number of esters is 1. The van der Waals surface area contributed by atoms with Crippen molar-refractivity contribution >= 4 is 49.1 Å². The first-order valence-electron chi connectivity index (χ1n) is 14.0. The summed E-state index contributed by atoms with van der Waals surface area (Å²) in [6.07, 6.45) is 2.57. The average Bonchev–Trinajstić information content (AvgIpc) is 3.36. The fourth-order valence-corrected chi connectivity index (χ4v) is 8.72. The number of rotatable bonds is 8. The molecule has 226 valence electrons. The van der Waals surface area contributed by atoms with Crippen molar-refractivity contribution in [3.8, 4) is 5.75 Å². The highest BCUT2D eigenvalue weighted by atomic mass is 32.2. The molecule has 2 aliphatic heterocycles. The van der Waals surface area contributed by atoms with E-state index in [1.54, 1.807) is 25.9 Å². The Morgan fingerprint density at radius 1 is 1.12 bits per heavy atom. The highest BCUT2D eigenvalue weighted by molar-refractivity contribution is 7.89. The van der Waals surface area contributed by atoms with Crippen molar-refractivity contribution in [1.29, 1.82) is 0 Å². The van der Waals surface area contributed by atoms with Crippen LogP contribution in [0.25, 0.3) is 10.2 Å². The van der Waals surface area contributed by atoms with E-state index in [1.807, 2.05) is 24.3 Å². The van der Waals surface area contributed by atoms with Gasteiger partial charge in [0, 0.05) is 44.1 Å². The van der Waals surface area contributed by atoms with Gasteiger partial charge in [0.05, 0.1) is 37.0 Å². The lowest BCUT2D eigenvalue weighted by Gasteiger charge is -2.36.